The molecule has 1 atom stereocenters. The van der Waals surface area contributed by atoms with Gasteiger partial charge in [0.1, 0.15) is 0 Å². The summed E-state index contributed by atoms with van der Waals surface area (Å²) in [5, 5.41) is 9.00. The van der Waals surface area contributed by atoms with Crippen LogP contribution in [0.15, 0.2) is 5.38 Å². The molecule has 4 rings (SSSR count). The van der Waals surface area contributed by atoms with Crippen molar-refractivity contribution in [3.63, 3.8) is 0 Å². The quantitative estimate of drug-likeness (QED) is 0.779. The van der Waals surface area contributed by atoms with E-state index in [1.165, 1.54) is 24.2 Å². The molecular weight excluding hydrogens is 388 g/mol. The zero-order chi connectivity index (χ0) is 20.6. The fourth-order valence-electron chi connectivity index (χ4n) is 3.96. The summed E-state index contributed by atoms with van der Waals surface area (Å²) in [6.45, 7) is 11.3. The van der Waals surface area contributed by atoms with Gasteiger partial charge in [-0.2, -0.15) is 0 Å². The van der Waals surface area contributed by atoms with Gasteiger partial charge in [0.2, 0.25) is 5.91 Å². The molecule has 3 amide bonds. The summed E-state index contributed by atoms with van der Waals surface area (Å²) in [5.41, 5.74) is 1.16. The number of thiazole rings is 1. The second-order valence-corrected chi connectivity index (χ2v) is 10.1. The summed E-state index contributed by atoms with van der Waals surface area (Å²) in [4.78, 5) is 36.1. The summed E-state index contributed by atoms with van der Waals surface area (Å²) < 4.78 is 0. The molecule has 1 aromatic heterocycles. The van der Waals surface area contributed by atoms with Crippen molar-refractivity contribution in [1.82, 2.24) is 25.0 Å². The Morgan fingerprint density at radius 1 is 1.14 bits per heavy atom. The lowest BCUT2D eigenvalue weighted by Gasteiger charge is -2.43. The Morgan fingerprint density at radius 3 is 2.48 bits per heavy atom. The van der Waals surface area contributed by atoms with Crippen LogP contribution in [-0.2, 0) is 4.79 Å². The van der Waals surface area contributed by atoms with Crippen molar-refractivity contribution in [3.8, 4) is 0 Å². The highest BCUT2D eigenvalue weighted by molar-refractivity contribution is 7.13. The minimum atomic E-state index is -0.167. The number of amides is 3. The monoisotopic (exact) mass is 420 g/mol. The molecule has 29 heavy (non-hydrogen) atoms. The van der Waals surface area contributed by atoms with E-state index in [-0.39, 0.29) is 23.5 Å². The van der Waals surface area contributed by atoms with Gasteiger partial charge in [-0.15, -0.1) is 11.3 Å². The van der Waals surface area contributed by atoms with Crippen molar-refractivity contribution < 1.29 is 9.59 Å². The van der Waals surface area contributed by atoms with Gasteiger partial charge in [0.05, 0.1) is 11.7 Å². The van der Waals surface area contributed by atoms with Gasteiger partial charge in [0, 0.05) is 62.7 Å². The van der Waals surface area contributed by atoms with E-state index < -0.39 is 0 Å². The average molecular weight is 421 g/mol. The number of carbonyl (C=O) groups excluding carboxylic acids is 2. The van der Waals surface area contributed by atoms with Crippen molar-refractivity contribution >= 4 is 28.4 Å². The smallest absolute Gasteiger partial charge is 0.323 e. The van der Waals surface area contributed by atoms with Crippen molar-refractivity contribution in [2.24, 2.45) is 0 Å². The molecule has 0 aromatic carbocycles. The lowest BCUT2D eigenvalue weighted by atomic mass is 10.0. The second kappa shape index (κ2) is 8.20. The minimum Gasteiger partial charge on any atom is -0.338 e. The molecule has 1 aromatic rings. The molecule has 1 aliphatic carbocycles. The molecule has 1 saturated carbocycles. The van der Waals surface area contributed by atoms with Gasteiger partial charge in [-0.3, -0.25) is 15.0 Å². The largest absolute Gasteiger partial charge is 0.338 e. The van der Waals surface area contributed by atoms with Gasteiger partial charge in [-0.05, 0) is 33.6 Å². The summed E-state index contributed by atoms with van der Waals surface area (Å²) in [6.07, 6.45) is 2.41. The standard InChI is InChI=1S/C20H32N6O2S/c1-20(2,3)26-7-6-21-15(12-26)17(27)24-8-10-25(11-9-24)19(28)23-18-22-16(13-29-18)14-4-5-14/h13-15,21H,4-12H2,1-3H3,(H,22,23,28)/t15-/m1/s1. The van der Waals surface area contributed by atoms with Crippen LogP contribution in [0.3, 0.4) is 0 Å². The molecule has 0 bridgehead atoms. The van der Waals surface area contributed by atoms with E-state index >= 15 is 0 Å². The molecule has 0 unspecified atom stereocenters. The Morgan fingerprint density at radius 2 is 1.83 bits per heavy atom. The van der Waals surface area contributed by atoms with Gasteiger partial charge < -0.3 is 15.1 Å². The van der Waals surface area contributed by atoms with Crippen molar-refractivity contribution in [1.29, 1.82) is 0 Å². The fraction of sp³-hybridized carbons (Fsp3) is 0.750. The molecule has 0 spiro atoms. The van der Waals surface area contributed by atoms with E-state index in [2.05, 4.69) is 41.3 Å². The predicted octanol–water partition coefficient (Wildman–Crippen LogP) is 1.77. The van der Waals surface area contributed by atoms with Crippen LogP contribution < -0.4 is 10.6 Å². The first kappa shape index (κ1) is 20.6. The number of urea groups is 1. The Hall–Kier alpha value is -1.71. The number of nitrogens with zero attached hydrogens (tertiary/aromatic N) is 4. The van der Waals surface area contributed by atoms with Crippen LogP contribution in [0.5, 0.6) is 0 Å². The van der Waals surface area contributed by atoms with Gasteiger partial charge in [0.25, 0.3) is 0 Å². The van der Waals surface area contributed by atoms with E-state index in [1.54, 1.807) is 4.90 Å². The molecule has 2 N–H and O–H groups in total. The van der Waals surface area contributed by atoms with Crippen molar-refractivity contribution in [3.05, 3.63) is 11.1 Å². The van der Waals surface area contributed by atoms with Crippen LogP contribution >= 0.6 is 11.3 Å². The lowest BCUT2D eigenvalue weighted by molar-refractivity contribution is -0.136. The zero-order valence-electron chi connectivity index (χ0n) is 17.6. The number of anilines is 1. The lowest BCUT2D eigenvalue weighted by Crippen LogP contribution is -2.63. The number of hydrogen-bond donors (Lipinski definition) is 2. The molecule has 0 radical (unpaired) electrons. The van der Waals surface area contributed by atoms with Crippen LogP contribution in [0.2, 0.25) is 0 Å². The van der Waals surface area contributed by atoms with E-state index in [1.807, 2.05) is 10.3 Å². The molecule has 3 fully saturated rings. The minimum absolute atomic E-state index is 0.0621. The van der Waals surface area contributed by atoms with Crippen LogP contribution in [-0.4, -0.2) is 89.0 Å². The number of hydrogen-bond acceptors (Lipinski definition) is 6. The fourth-order valence-corrected chi connectivity index (χ4v) is 4.74. The Balaban J connectivity index is 1.26. The summed E-state index contributed by atoms with van der Waals surface area (Å²) >= 11 is 1.49. The maximum atomic E-state index is 13.0. The van der Waals surface area contributed by atoms with E-state index in [9.17, 15) is 9.59 Å². The number of aromatic nitrogens is 1. The topological polar surface area (TPSA) is 80.8 Å². The van der Waals surface area contributed by atoms with Gasteiger partial charge in [0.15, 0.2) is 5.13 Å². The summed E-state index contributed by atoms with van der Waals surface area (Å²) in [7, 11) is 0. The third-order valence-corrected chi connectivity index (χ3v) is 6.81. The zero-order valence-corrected chi connectivity index (χ0v) is 18.4. The molecule has 2 saturated heterocycles. The first-order chi connectivity index (χ1) is 13.8. The van der Waals surface area contributed by atoms with E-state index in [4.69, 9.17) is 0 Å². The van der Waals surface area contributed by atoms with Crippen LogP contribution in [0.1, 0.15) is 45.2 Å². The third kappa shape index (κ3) is 4.90. The molecular formula is C20H32N6O2S. The molecule has 160 valence electrons. The van der Waals surface area contributed by atoms with Crippen molar-refractivity contribution in [2.75, 3.05) is 51.1 Å². The second-order valence-electron chi connectivity index (χ2n) is 9.22. The summed E-state index contributed by atoms with van der Waals surface area (Å²) in [6, 6.07) is -0.289. The maximum Gasteiger partial charge on any atom is 0.323 e. The maximum absolute atomic E-state index is 13.0. The number of rotatable bonds is 3. The molecule has 9 heteroatoms. The SMILES string of the molecule is CC(C)(C)N1CCN[C@@H](C(=O)N2CCN(C(=O)Nc3nc(C4CC4)cs3)CC2)C1. The molecule has 3 heterocycles. The van der Waals surface area contributed by atoms with Crippen molar-refractivity contribution in [2.45, 2.75) is 51.1 Å². The number of carbonyl (C=O) groups is 2. The number of nitrogens with one attached hydrogen (secondary N) is 2. The first-order valence-corrected chi connectivity index (χ1v) is 11.5. The van der Waals surface area contributed by atoms with Crippen LogP contribution in [0.25, 0.3) is 0 Å². The molecule has 2 aliphatic heterocycles. The van der Waals surface area contributed by atoms with Gasteiger partial charge in [-0.1, -0.05) is 0 Å². The molecule has 8 nitrogen and oxygen atoms in total. The average Bonchev–Trinajstić information content (AvgIpc) is 3.46. The Labute approximate surface area is 176 Å². The Kier molecular flexibility index (Phi) is 5.81. The van der Waals surface area contributed by atoms with Gasteiger partial charge in [-0.25, -0.2) is 9.78 Å². The van der Waals surface area contributed by atoms with E-state index in [0.717, 1.165) is 25.3 Å². The summed E-state index contributed by atoms with van der Waals surface area (Å²) in [5.74, 6) is 0.738. The van der Waals surface area contributed by atoms with E-state index in [0.29, 0.717) is 37.2 Å². The highest BCUT2D eigenvalue weighted by Crippen LogP contribution is 2.40. The first-order valence-electron chi connectivity index (χ1n) is 10.6. The highest BCUT2D eigenvalue weighted by atomic mass is 32.1. The van der Waals surface area contributed by atoms with Crippen LogP contribution in [0, 0.1) is 0 Å². The predicted molar refractivity (Wildman–Crippen MR) is 114 cm³/mol. The Bertz CT molecular complexity index is 748. The molecule has 3 aliphatic rings. The van der Waals surface area contributed by atoms with Crippen LogP contribution in [0.4, 0.5) is 9.93 Å². The normalized spacial score (nSPS) is 23.9. The third-order valence-electron chi connectivity index (χ3n) is 6.03. The van der Waals surface area contributed by atoms with Gasteiger partial charge >= 0.3 is 6.03 Å². The highest BCUT2D eigenvalue weighted by Gasteiger charge is 2.35. The number of piperazine rings is 2.